The summed E-state index contributed by atoms with van der Waals surface area (Å²) in [5, 5.41) is 3.53. The van der Waals surface area contributed by atoms with Crippen LogP contribution in [0.3, 0.4) is 0 Å². The van der Waals surface area contributed by atoms with E-state index < -0.39 is 0 Å². The first-order chi connectivity index (χ1) is 8.81. The molecule has 0 radical (unpaired) electrons. The molecule has 2 aromatic carbocycles. The second kappa shape index (κ2) is 6.59. The zero-order valence-corrected chi connectivity index (χ0v) is 12.4. The van der Waals surface area contributed by atoms with Crippen LogP contribution in [0.15, 0.2) is 61.2 Å². The van der Waals surface area contributed by atoms with Gasteiger partial charge in [-0.25, -0.2) is 0 Å². The molecule has 2 rings (SSSR count). The molecule has 0 fully saturated rings. The maximum atomic E-state index is 3.81. The van der Waals surface area contributed by atoms with E-state index in [1.165, 1.54) is 20.4 Å². The molecule has 0 saturated carbocycles. The highest BCUT2D eigenvalue weighted by Gasteiger charge is 2.04. The Hall–Kier alpha value is -1.29. The molecule has 0 aliphatic carbocycles. The SMILES string of the molecule is C=CCc1cccc(I)c1NCc1ccccc1. The Bertz CT molecular complexity index is 520. The second-order valence-corrected chi connectivity index (χ2v) is 5.27. The molecular weight excluding hydrogens is 333 g/mol. The van der Waals surface area contributed by atoms with Gasteiger partial charge in [0.2, 0.25) is 0 Å². The van der Waals surface area contributed by atoms with Gasteiger partial charge in [0.1, 0.15) is 0 Å². The number of para-hydroxylation sites is 1. The molecule has 0 aliphatic heterocycles. The monoisotopic (exact) mass is 349 g/mol. The molecule has 1 N–H and O–H groups in total. The summed E-state index contributed by atoms with van der Waals surface area (Å²) in [5.41, 5.74) is 3.82. The lowest BCUT2D eigenvalue weighted by molar-refractivity contribution is 1.12. The van der Waals surface area contributed by atoms with Crippen molar-refractivity contribution < 1.29 is 0 Å². The first-order valence-corrected chi connectivity index (χ1v) is 7.05. The van der Waals surface area contributed by atoms with Gasteiger partial charge < -0.3 is 5.32 Å². The number of rotatable bonds is 5. The first-order valence-electron chi connectivity index (χ1n) is 5.97. The molecule has 2 heteroatoms. The Morgan fingerprint density at radius 2 is 1.83 bits per heavy atom. The van der Waals surface area contributed by atoms with Crippen molar-refractivity contribution in [1.29, 1.82) is 0 Å². The highest BCUT2D eigenvalue weighted by atomic mass is 127. The maximum absolute atomic E-state index is 3.81. The first kappa shape index (κ1) is 13.1. The molecule has 1 nitrogen and oxygen atoms in total. The fourth-order valence-electron chi connectivity index (χ4n) is 1.88. The zero-order chi connectivity index (χ0) is 12.8. The molecule has 0 saturated heterocycles. The Morgan fingerprint density at radius 1 is 1.06 bits per heavy atom. The van der Waals surface area contributed by atoms with E-state index in [2.05, 4.69) is 77.0 Å². The van der Waals surface area contributed by atoms with Gasteiger partial charge in [-0.15, -0.1) is 6.58 Å². The third-order valence-corrected chi connectivity index (χ3v) is 3.68. The largest absolute Gasteiger partial charge is 0.380 e. The summed E-state index contributed by atoms with van der Waals surface area (Å²) in [6.45, 7) is 4.67. The Kier molecular flexibility index (Phi) is 4.81. The van der Waals surface area contributed by atoms with Gasteiger partial charge in [-0.1, -0.05) is 48.5 Å². The topological polar surface area (TPSA) is 12.0 Å². The van der Waals surface area contributed by atoms with Crippen molar-refractivity contribution in [2.24, 2.45) is 0 Å². The van der Waals surface area contributed by atoms with E-state index in [1.807, 2.05) is 12.1 Å². The molecule has 0 unspecified atom stereocenters. The molecule has 0 heterocycles. The molecule has 0 bridgehead atoms. The summed E-state index contributed by atoms with van der Waals surface area (Å²) in [4.78, 5) is 0. The molecule has 0 atom stereocenters. The summed E-state index contributed by atoms with van der Waals surface area (Å²) >= 11 is 2.37. The van der Waals surface area contributed by atoms with Crippen LogP contribution in [0.4, 0.5) is 5.69 Å². The quantitative estimate of drug-likeness (QED) is 0.613. The van der Waals surface area contributed by atoms with E-state index in [-0.39, 0.29) is 0 Å². The fraction of sp³-hybridized carbons (Fsp3) is 0.125. The van der Waals surface area contributed by atoms with E-state index in [0.717, 1.165) is 13.0 Å². The Balaban J connectivity index is 2.15. The zero-order valence-electron chi connectivity index (χ0n) is 10.2. The molecule has 0 amide bonds. The van der Waals surface area contributed by atoms with E-state index >= 15 is 0 Å². The number of hydrogen-bond donors (Lipinski definition) is 1. The van der Waals surface area contributed by atoms with Crippen LogP contribution in [0.1, 0.15) is 11.1 Å². The van der Waals surface area contributed by atoms with E-state index in [1.54, 1.807) is 0 Å². The van der Waals surface area contributed by atoms with E-state index in [0.29, 0.717) is 0 Å². The van der Waals surface area contributed by atoms with Gasteiger partial charge in [0.15, 0.2) is 0 Å². The van der Waals surface area contributed by atoms with Gasteiger partial charge in [0.25, 0.3) is 0 Å². The number of benzene rings is 2. The number of nitrogens with one attached hydrogen (secondary N) is 1. The van der Waals surface area contributed by atoms with Crippen LogP contribution in [-0.4, -0.2) is 0 Å². The molecular formula is C16H16IN. The number of hydrogen-bond acceptors (Lipinski definition) is 1. The average molecular weight is 349 g/mol. The Morgan fingerprint density at radius 3 is 2.56 bits per heavy atom. The van der Waals surface area contributed by atoms with Gasteiger partial charge in [0, 0.05) is 10.1 Å². The predicted octanol–water partition coefficient (Wildman–Crippen LogP) is 4.63. The van der Waals surface area contributed by atoms with Gasteiger partial charge >= 0.3 is 0 Å². The minimum Gasteiger partial charge on any atom is -0.380 e. The van der Waals surface area contributed by atoms with Crippen molar-refractivity contribution in [3.63, 3.8) is 0 Å². The summed E-state index contributed by atoms with van der Waals surface area (Å²) in [7, 11) is 0. The van der Waals surface area contributed by atoms with Crippen LogP contribution in [0.5, 0.6) is 0 Å². The smallest absolute Gasteiger partial charge is 0.0514 e. The lowest BCUT2D eigenvalue weighted by atomic mass is 10.1. The van der Waals surface area contributed by atoms with Crippen LogP contribution in [0.25, 0.3) is 0 Å². The molecule has 92 valence electrons. The lowest BCUT2D eigenvalue weighted by Gasteiger charge is -2.13. The highest BCUT2D eigenvalue weighted by molar-refractivity contribution is 14.1. The van der Waals surface area contributed by atoms with Crippen molar-refractivity contribution in [1.82, 2.24) is 0 Å². The fourth-order valence-corrected chi connectivity index (χ4v) is 2.62. The summed E-state index contributed by atoms with van der Waals surface area (Å²) in [6.07, 6.45) is 2.84. The van der Waals surface area contributed by atoms with Gasteiger partial charge in [-0.2, -0.15) is 0 Å². The third kappa shape index (κ3) is 3.35. The van der Waals surface area contributed by atoms with Crippen LogP contribution >= 0.6 is 22.6 Å². The third-order valence-electron chi connectivity index (χ3n) is 2.78. The van der Waals surface area contributed by atoms with Crippen molar-refractivity contribution >= 4 is 28.3 Å². The molecule has 0 aromatic heterocycles. The molecule has 2 aromatic rings. The number of anilines is 1. The van der Waals surface area contributed by atoms with Gasteiger partial charge in [-0.05, 0) is 46.2 Å². The van der Waals surface area contributed by atoms with Crippen LogP contribution < -0.4 is 5.32 Å². The molecule has 0 aliphatic rings. The predicted molar refractivity (Wildman–Crippen MR) is 86.8 cm³/mol. The van der Waals surface area contributed by atoms with E-state index in [9.17, 15) is 0 Å². The van der Waals surface area contributed by atoms with Crippen LogP contribution in [-0.2, 0) is 13.0 Å². The van der Waals surface area contributed by atoms with Crippen LogP contribution in [0.2, 0.25) is 0 Å². The van der Waals surface area contributed by atoms with Crippen molar-refractivity contribution in [2.45, 2.75) is 13.0 Å². The highest BCUT2D eigenvalue weighted by Crippen LogP contribution is 2.24. The number of halogens is 1. The van der Waals surface area contributed by atoms with Crippen molar-refractivity contribution in [2.75, 3.05) is 5.32 Å². The Labute approximate surface area is 122 Å². The standard InChI is InChI=1S/C16H16IN/c1-2-7-14-10-6-11-15(17)16(14)18-12-13-8-4-3-5-9-13/h2-6,8-11,18H,1,7,12H2. The van der Waals surface area contributed by atoms with E-state index in [4.69, 9.17) is 0 Å². The normalized spacial score (nSPS) is 10.1. The maximum Gasteiger partial charge on any atom is 0.0514 e. The minimum absolute atomic E-state index is 0.852. The van der Waals surface area contributed by atoms with Crippen molar-refractivity contribution in [3.8, 4) is 0 Å². The van der Waals surface area contributed by atoms with Crippen LogP contribution in [0, 0.1) is 3.57 Å². The average Bonchev–Trinajstić information content (AvgIpc) is 2.40. The summed E-state index contributed by atoms with van der Waals surface area (Å²) in [6, 6.07) is 16.8. The van der Waals surface area contributed by atoms with Gasteiger partial charge in [0.05, 0.1) is 5.69 Å². The second-order valence-electron chi connectivity index (χ2n) is 4.11. The lowest BCUT2D eigenvalue weighted by Crippen LogP contribution is -2.04. The minimum atomic E-state index is 0.852. The summed E-state index contributed by atoms with van der Waals surface area (Å²) < 4.78 is 1.25. The van der Waals surface area contributed by atoms with Crippen molar-refractivity contribution in [3.05, 3.63) is 75.9 Å². The van der Waals surface area contributed by atoms with Gasteiger partial charge in [-0.3, -0.25) is 0 Å². The number of allylic oxidation sites excluding steroid dienone is 1. The molecule has 18 heavy (non-hydrogen) atoms. The molecule has 0 spiro atoms. The summed E-state index contributed by atoms with van der Waals surface area (Å²) in [5.74, 6) is 0.